The van der Waals surface area contributed by atoms with E-state index in [1.165, 1.54) is 12.8 Å². The third kappa shape index (κ3) is 4.13. The molecule has 0 amide bonds. The van der Waals surface area contributed by atoms with Gasteiger partial charge in [-0.15, -0.1) is 0 Å². The smallest absolute Gasteiger partial charge is 0.157 e. The minimum absolute atomic E-state index is 0.0456. The molecule has 2 aliphatic rings. The number of ether oxygens (including phenoxy) is 3. The molecule has 2 fully saturated rings. The largest absolute Gasteiger partial charge is 0.369 e. The van der Waals surface area contributed by atoms with Gasteiger partial charge in [-0.05, 0) is 39.0 Å². The highest BCUT2D eigenvalue weighted by molar-refractivity contribution is 14.1. The van der Waals surface area contributed by atoms with Crippen LogP contribution in [0.5, 0.6) is 0 Å². The Morgan fingerprint density at radius 3 is 2.88 bits per heavy atom. The molecule has 0 spiro atoms. The molecule has 0 aromatic heterocycles. The van der Waals surface area contributed by atoms with Crippen LogP contribution in [0.2, 0.25) is 0 Å². The highest BCUT2D eigenvalue weighted by Crippen LogP contribution is 2.29. The molecule has 0 aromatic rings. The summed E-state index contributed by atoms with van der Waals surface area (Å²) < 4.78 is 18.0. The average Bonchev–Trinajstić information content (AvgIpc) is 3.06. The molecule has 2 saturated heterocycles. The second kappa shape index (κ2) is 6.52. The Balaban J connectivity index is 1.55. The van der Waals surface area contributed by atoms with Crippen molar-refractivity contribution in [3.63, 3.8) is 0 Å². The second-order valence-corrected chi connectivity index (χ2v) is 5.57. The number of halogens is 1. The predicted molar refractivity (Wildman–Crippen MR) is 70.9 cm³/mol. The van der Waals surface area contributed by atoms with Gasteiger partial charge in [0.1, 0.15) is 0 Å². The van der Waals surface area contributed by atoms with Gasteiger partial charge in [0, 0.05) is 11.0 Å². The maximum absolute atomic E-state index is 5.86. The molecule has 2 aliphatic heterocycles. The Kier molecular flexibility index (Phi) is 5.32. The molecule has 2 heterocycles. The highest BCUT2D eigenvalue weighted by atomic mass is 127. The van der Waals surface area contributed by atoms with Crippen LogP contribution in [0.4, 0.5) is 0 Å². The van der Waals surface area contributed by atoms with Crippen LogP contribution in [0.3, 0.4) is 0 Å². The van der Waals surface area contributed by atoms with E-state index in [4.69, 9.17) is 14.2 Å². The van der Waals surface area contributed by atoms with Crippen molar-refractivity contribution in [3.05, 3.63) is 0 Å². The maximum atomic E-state index is 5.86. The minimum Gasteiger partial charge on any atom is -0.369 e. The Hall–Kier alpha value is 0.610. The van der Waals surface area contributed by atoms with Crippen LogP contribution in [0.1, 0.15) is 39.0 Å². The quantitative estimate of drug-likeness (QED) is 0.423. The Labute approximate surface area is 111 Å². The van der Waals surface area contributed by atoms with Gasteiger partial charge in [-0.2, -0.15) is 0 Å². The summed E-state index contributed by atoms with van der Waals surface area (Å²) in [6, 6.07) is 0. The molecule has 0 N–H and O–H groups in total. The lowest BCUT2D eigenvalue weighted by atomic mass is 10.1. The van der Waals surface area contributed by atoms with E-state index >= 15 is 0 Å². The van der Waals surface area contributed by atoms with Gasteiger partial charge in [0.05, 0.1) is 18.3 Å². The molecule has 4 atom stereocenters. The van der Waals surface area contributed by atoms with E-state index in [0.717, 1.165) is 30.3 Å². The fourth-order valence-corrected chi connectivity index (χ4v) is 2.89. The van der Waals surface area contributed by atoms with Crippen molar-refractivity contribution >= 4 is 22.6 Å². The van der Waals surface area contributed by atoms with Crippen LogP contribution < -0.4 is 0 Å². The van der Waals surface area contributed by atoms with Crippen LogP contribution >= 0.6 is 22.6 Å². The second-order valence-electron chi connectivity index (χ2n) is 4.69. The third-order valence-corrected chi connectivity index (χ3v) is 4.09. The summed E-state index contributed by atoms with van der Waals surface area (Å²) in [6.07, 6.45) is 7.03. The topological polar surface area (TPSA) is 31.0 Å². The lowest BCUT2D eigenvalue weighted by Gasteiger charge is -2.25. The molecule has 0 aliphatic carbocycles. The van der Waals surface area contributed by atoms with Gasteiger partial charge in [0.15, 0.2) is 6.29 Å². The van der Waals surface area contributed by atoms with E-state index in [1.54, 1.807) is 0 Å². The van der Waals surface area contributed by atoms with E-state index in [2.05, 4.69) is 29.5 Å². The number of hydrogen-bond acceptors (Lipinski definition) is 3. The predicted octanol–water partition coefficient (Wildman–Crippen LogP) is 2.90. The normalized spacial score (nSPS) is 36.0. The van der Waals surface area contributed by atoms with Crippen molar-refractivity contribution in [1.29, 1.82) is 0 Å². The first-order valence-corrected chi connectivity index (χ1v) is 7.80. The van der Waals surface area contributed by atoms with Crippen LogP contribution in [0.25, 0.3) is 0 Å². The van der Waals surface area contributed by atoms with Gasteiger partial charge in [-0.25, -0.2) is 0 Å². The zero-order valence-electron chi connectivity index (χ0n) is 9.86. The number of epoxide rings is 1. The molecular formula is C12H21IO3. The number of hydrogen-bond donors (Lipinski definition) is 0. The molecule has 16 heavy (non-hydrogen) atoms. The van der Waals surface area contributed by atoms with E-state index in [9.17, 15) is 0 Å². The zero-order chi connectivity index (χ0) is 11.4. The monoisotopic (exact) mass is 340 g/mol. The van der Waals surface area contributed by atoms with Crippen molar-refractivity contribution in [2.45, 2.75) is 63.6 Å². The summed E-state index contributed by atoms with van der Waals surface area (Å²) in [5.41, 5.74) is 0. The first-order valence-electron chi connectivity index (χ1n) is 6.28. The number of alkyl halides is 1. The lowest BCUT2D eigenvalue weighted by Crippen LogP contribution is -2.26. The van der Waals surface area contributed by atoms with E-state index in [1.807, 2.05) is 0 Å². The fourth-order valence-electron chi connectivity index (χ4n) is 2.11. The summed E-state index contributed by atoms with van der Waals surface area (Å²) in [4.78, 5) is 0. The molecule has 0 bridgehead atoms. The highest BCUT2D eigenvalue weighted by Gasteiger charge is 2.37. The van der Waals surface area contributed by atoms with Crippen molar-refractivity contribution in [2.75, 3.05) is 11.0 Å². The van der Waals surface area contributed by atoms with Gasteiger partial charge < -0.3 is 14.2 Å². The third-order valence-electron chi connectivity index (χ3n) is 3.22. The molecule has 94 valence electrons. The first-order chi connectivity index (χ1) is 7.79. The molecule has 1 unspecified atom stereocenters. The van der Waals surface area contributed by atoms with Crippen LogP contribution in [0.15, 0.2) is 0 Å². The van der Waals surface area contributed by atoms with Gasteiger partial charge in [0.25, 0.3) is 0 Å². The molecule has 0 radical (unpaired) electrons. The Morgan fingerprint density at radius 1 is 1.38 bits per heavy atom. The van der Waals surface area contributed by atoms with Crippen LogP contribution in [-0.2, 0) is 14.2 Å². The molecule has 2 rings (SSSR count). The van der Waals surface area contributed by atoms with Crippen molar-refractivity contribution in [1.82, 2.24) is 0 Å². The Morgan fingerprint density at radius 2 is 2.25 bits per heavy atom. The fraction of sp³-hybridized carbons (Fsp3) is 1.00. The van der Waals surface area contributed by atoms with Gasteiger partial charge >= 0.3 is 0 Å². The van der Waals surface area contributed by atoms with Crippen molar-refractivity contribution in [2.24, 2.45) is 0 Å². The summed E-state index contributed by atoms with van der Waals surface area (Å²) in [5.74, 6) is 0. The molecule has 4 heteroatoms. The molecule has 3 nitrogen and oxygen atoms in total. The summed E-state index contributed by atoms with van der Waals surface area (Å²) >= 11 is 2.38. The van der Waals surface area contributed by atoms with Crippen molar-refractivity contribution < 1.29 is 14.2 Å². The lowest BCUT2D eigenvalue weighted by molar-refractivity contribution is -0.185. The van der Waals surface area contributed by atoms with E-state index < -0.39 is 0 Å². The SMILES string of the molecule is C[C@H](CC[C@H]1O[C@@H]1CI)OC1CCCCO1. The number of rotatable bonds is 6. The van der Waals surface area contributed by atoms with Gasteiger partial charge in [-0.3, -0.25) is 0 Å². The summed E-state index contributed by atoms with van der Waals surface area (Å²) in [6.45, 7) is 3.00. The standard InChI is InChI=1S/C12H21IO3/c1-9(5-6-10-11(8-13)16-10)15-12-4-2-3-7-14-12/h9-12H,2-8H2,1H3/t9-,10-,11-,12?/m1/s1. The zero-order valence-corrected chi connectivity index (χ0v) is 12.0. The first kappa shape index (κ1) is 13.1. The van der Waals surface area contributed by atoms with Crippen LogP contribution in [0, 0.1) is 0 Å². The van der Waals surface area contributed by atoms with E-state index in [-0.39, 0.29) is 6.29 Å². The van der Waals surface area contributed by atoms with Crippen LogP contribution in [-0.4, -0.2) is 35.6 Å². The molecule has 0 aromatic carbocycles. The Bertz CT molecular complexity index is 206. The molecular weight excluding hydrogens is 319 g/mol. The minimum atomic E-state index is 0.0456. The van der Waals surface area contributed by atoms with Crippen molar-refractivity contribution in [3.8, 4) is 0 Å². The van der Waals surface area contributed by atoms with Gasteiger partial charge in [-0.1, -0.05) is 22.6 Å². The van der Waals surface area contributed by atoms with E-state index in [0.29, 0.717) is 18.3 Å². The molecule has 0 saturated carbocycles. The summed E-state index contributed by atoms with van der Waals surface area (Å²) in [7, 11) is 0. The summed E-state index contributed by atoms with van der Waals surface area (Å²) in [5, 5.41) is 0. The maximum Gasteiger partial charge on any atom is 0.157 e. The van der Waals surface area contributed by atoms with Gasteiger partial charge in [0.2, 0.25) is 0 Å². The average molecular weight is 340 g/mol.